The lowest BCUT2D eigenvalue weighted by atomic mass is 10.0. The number of likely N-dealkylation sites (N-methyl/N-ethyl adjacent to an activating group) is 1. The van der Waals surface area contributed by atoms with Gasteiger partial charge in [-0.2, -0.15) is 0 Å². The zero-order valence-corrected chi connectivity index (χ0v) is 30.4. The summed E-state index contributed by atoms with van der Waals surface area (Å²) >= 11 is 0. The number of nitrogens with one attached hydrogen (secondary N) is 2. The highest BCUT2D eigenvalue weighted by molar-refractivity contribution is 6.23. The molecule has 2 N–H and O–H groups in total. The van der Waals surface area contributed by atoms with Crippen LogP contribution in [0.5, 0.6) is 0 Å². The number of benzene rings is 1. The first-order chi connectivity index (χ1) is 26.1. The molecule has 16 nitrogen and oxygen atoms in total. The van der Waals surface area contributed by atoms with Crippen molar-refractivity contribution >= 4 is 46.9 Å². The Kier molecular flexibility index (Phi) is 9.13. The zero-order valence-electron chi connectivity index (χ0n) is 30.4. The molecule has 0 saturated carbocycles. The summed E-state index contributed by atoms with van der Waals surface area (Å²) < 4.78 is 1.91. The van der Waals surface area contributed by atoms with Gasteiger partial charge in [-0.1, -0.05) is 6.07 Å². The molecule has 1 unspecified atom stereocenters. The minimum atomic E-state index is -1.01. The fraction of sp³-hybridized carbons (Fsp3) is 0.395. The molecule has 16 heteroatoms. The molecular weight excluding hydrogens is 690 g/mol. The molecule has 5 amide bonds. The molecule has 3 aromatic heterocycles. The van der Waals surface area contributed by atoms with E-state index in [9.17, 15) is 24.0 Å². The van der Waals surface area contributed by atoms with E-state index in [1.165, 1.54) is 0 Å². The number of hydrogen-bond acceptors (Lipinski definition) is 12. The Labute approximate surface area is 311 Å². The van der Waals surface area contributed by atoms with E-state index < -0.39 is 29.7 Å². The molecule has 0 radical (unpaired) electrons. The number of fused-ring (bicyclic) bond motifs is 2. The van der Waals surface area contributed by atoms with E-state index >= 15 is 0 Å². The van der Waals surface area contributed by atoms with E-state index in [4.69, 9.17) is 9.97 Å². The first kappa shape index (κ1) is 35.0. The number of carbonyl (C=O) groups is 5. The fourth-order valence-electron chi connectivity index (χ4n) is 7.78. The van der Waals surface area contributed by atoms with Crippen LogP contribution in [0.3, 0.4) is 0 Å². The first-order valence-electron chi connectivity index (χ1n) is 18.4. The SMILES string of the molecule is CCn1cnnc1-c1cccc(N2Cc3c(cc(N4CCC[C@H]4C)nc3CN(C)CCNc3ccc4c(c3)C(=O)N(C3CCC(=O)NC3=O)C4=O)C2=O)n1. The summed E-state index contributed by atoms with van der Waals surface area (Å²) in [5, 5.41) is 13.9. The quantitative estimate of drug-likeness (QED) is 0.216. The van der Waals surface area contributed by atoms with Gasteiger partial charge in [-0.25, -0.2) is 9.97 Å². The van der Waals surface area contributed by atoms with Crippen LogP contribution in [0.15, 0.2) is 48.8 Å². The number of pyridine rings is 2. The van der Waals surface area contributed by atoms with Gasteiger partial charge >= 0.3 is 0 Å². The number of carbonyl (C=O) groups excluding carboxylic acids is 5. The molecule has 4 aliphatic heterocycles. The summed E-state index contributed by atoms with van der Waals surface area (Å²) in [7, 11) is 1.99. The fourth-order valence-corrected chi connectivity index (χ4v) is 7.78. The van der Waals surface area contributed by atoms with Crippen molar-refractivity contribution in [2.75, 3.05) is 41.8 Å². The van der Waals surface area contributed by atoms with Gasteiger partial charge < -0.3 is 14.8 Å². The molecule has 0 spiro atoms. The van der Waals surface area contributed by atoms with Crippen molar-refractivity contribution in [2.45, 2.75) is 71.2 Å². The normalized spacial score (nSPS) is 19.6. The van der Waals surface area contributed by atoms with Crippen molar-refractivity contribution in [3.05, 3.63) is 76.7 Å². The molecule has 7 heterocycles. The summed E-state index contributed by atoms with van der Waals surface area (Å²) in [6.45, 7) is 7.72. The highest BCUT2D eigenvalue weighted by Crippen LogP contribution is 2.35. The van der Waals surface area contributed by atoms with Crippen LogP contribution in [-0.2, 0) is 29.2 Å². The lowest BCUT2D eigenvalue weighted by molar-refractivity contribution is -0.136. The second-order valence-corrected chi connectivity index (χ2v) is 14.2. The van der Waals surface area contributed by atoms with E-state index in [0.29, 0.717) is 67.4 Å². The van der Waals surface area contributed by atoms with Gasteiger partial charge in [0.05, 0.1) is 28.9 Å². The van der Waals surface area contributed by atoms with Crippen molar-refractivity contribution in [3.63, 3.8) is 0 Å². The Morgan fingerprint density at radius 3 is 2.56 bits per heavy atom. The maximum absolute atomic E-state index is 14.1. The summed E-state index contributed by atoms with van der Waals surface area (Å²) in [6.07, 6.45) is 3.97. The van der Waals surface area contributed by atoms with Crippen molar-refractivity contribution in [1.82, 2.24) is 39.8 Å². The van der Waals surface area contributed by atoms with E-state index in [1.807, 2.05) is 42.8 Å². The smallest absolute Gasteiger partial charge is 0.262 e. The summed E-state index contributed by atoms with van der Waals surface area (Å²) in [4.78, 5) is 81.6. The maximum atomic E-state index is 14.1. The van der Waals surface area contributed by atoms with E-state index in [-0.39, 0.29) is 29.9 Å². The average molecular weight is 732 g/mol. The van der Waals surface area contributed by atoms with Crippen molar-refractivity contribution < 1.29 is 24.0 Å². The van der Waals surface area contributed by atoms with Crippen LogP contribution >= 0.6 is 0 Å². The molecule has 2 fully saturated rings. The molecule has 4 aromatic rings. The third-order valence-electron chi connectivity index (χ3n) is 10.7. The number of anilines is 3. The Morgan fingerprint density at radius 2 is 1.78 bits per heavy atom. The molecule has 8 rings (SSSR count). The molecule has 4 aliphatic rings. The highest BCUT2D eigenvalue weighted by atomic mass is 16.2. The van der Waals surface area contributed by atoms with Gasteiger partial charge in [-0.15, -0.1) is 10.2 Å². The summed E-state index contributed by atoms with van der Waals surface area (Å²) in [5.74, 6) is -0.281. The van der Waals surface area contributed by atoms with Crippen LogP contribution in [0.1, 0.15) is 81.9 Å². The highest BCUT2D eigenvalue weighted by Gasteiger charge is 2.44. The number of imide groups is 2. The van der Waals surface area contributed by atoms with E-state index in [0.717, 1.165) is 41.4 Å². The zero-order chi connectivity index (χ0) is 37.7. The number of nitrogens with zero attached hydrogens (tertiary/aromatic N) is 9. The van der Waals surface area contributed by atoms with Crippen LogP contribution in [-0.4, -0.2) is 103 Å². The van der Waals surface area contributed by atoms with Crippen molar-refractivity contribution in [3.8, 4) is 11.5 Å². The Bertz CT molecular complexity index is 2200. The van der Waals surface area contributed by atoms with Crippen LogP contribution in [0.4, 0.5) is 17.3 Å². The Morgan fingerprint density at radius 1 is 0.944 bits per heavy atom. The first-order valence-corrected chi connectivity index (χ1v) is 18.4. The van der Waals surface area contributed by atoms with Crippen LogP contribution in [0.25, 0.3) is 11.5 Å². The predicted molar refractivity (Wildman–Crippen MR) is 198 cm³/mol. The standard InChI is InChI=1S/C38H41N11O5/c1-4-46-21-40-44-34(46)28-8-5-9-31(41-28)48-19-27-26(36(48)52)18-32(47-15-6-7-22(47)2)42-29(27)20-45(3)16-14-39-23-10-11-24-25(17-23)38(54)49(37(24)53)30-12-13-33(50)43-35(30)51/h5,8-11,17-18,21-22,30,39H,4,6-7,12-16,19-20H2,1-3H3,(H,43,50,51)/t22-,30?/m1/s1. The predicted octanol–water partition coefficient (Wildman–Crippen LogP) is 2.85. The average Bonchev–Trinajstić information content (AvgIpc) is 3.95. The minimum absolute atomic E-state index is 0.0640. The molecule has 0 aliphatic carbocycles. The number of piperidine rings is 1. The van der Waals surface area contributed by atoms with Gasteiger partial charge in [0.2, 0.25) is 11.8 Å². The number of rotatable bonds is 11. The minimum Gasteiger partial charge on any atom is -0.384 e. The largest absolute Gasteiger partial charge is 0.384 e. The van der Waals surface area contributed by atoms with Crippen LogP contribution in [0.2, 0.25) is 0 Å². The molecule has 1 aromatic carbocycles. The lowest BCUT2D eigenvalue weighted by Crippen LogP contribution is -2.54. The van der Waals surface area contributed by atoms with Gasteiger partial charge in [0.1, 0.15) is 29.7 Å². The molecule has 54 heavy (non-hydrogen) atoms. The Hall–Kier alpha value is -6.03. The third kappa shape index (κ3) is 6.25. The Balaban J connectivity index is 0.976. The van der Waals surface area contributed by atoms with Gasteiger partial charge in [0, 0.05) is 56.4 Å². The lowest BCUT2D eigenvalue weighted by Gasteiger charge is -2.27. The van der Waals surface area contributed by atoms with Gasteiger partial charge in [-0.05, 0) is 76.6 Å². The van der Waals surface area contributed by atoms with Crippen molar-refractivity contribution in [2.24, 2.45) is 0 Å². The second-order valence-electron chi connectivity index (χ2n) is 14.2. The molecule has 2 atom stereocenters. The van der Waals surface area contributed by atoms with E-state index in [2.05, 4.69) is 37.6 Å². The van der Waals surface area contributed by atoms with Crippen LogP contribution in [0, 0.1) is 0 Å². The number of hydrogen-bond donors (Lipinski definition) is 2. The monoisotopic (exact) mass is 731 g/mol. The number of aryl methyl sites for hydroxylation is 1. The van der Waals surface area contributed by atoms with Crippen molar-refractivity contribution in [1.29, 1.82) is 0 Å². The number of aromatic nitrogens is 5. The van der Waals surface area contributed by atoms with E-state index in [1.54, 1.807) is 29.4 Å². The van der Waals surface area contributed by atoms with Crippen LogP contribution < -0.4 is 20.4 Å². The molecule has 2 saturated heterocycles. The summed E-state index contributed by atoms with van der Waals surface area (Å²) in [5.41, 5.74) is 4.09. The van der Waals surface area contributed by atoms with Gasteiger partial charge in [0.15, 0.2) is 5.82 Å². The molecular formula is C38H41N11O5. The second kappa shape index (κ2) is 14.1. The van der Waals surface area contributed by atoms with Gasteiger partial charge in [-0.3, -0.25) is 44.0 Å². The summed E-state index contributed by atoms with van der Waals surface area (Å²) in [6, 6.07) is 11.8. The topological polar surface area (TPSA) is 179 Å². The third-order valence-corrected chi connectivity index (χ3v) is 10.7. The molecule has 0 bridgehead atoms. The maximum Gasteiger partial charge on any atom is 0.262 e. The number of amides is 5. The molecule has 278 valence electrons. The van der Waals surface area contributed by atoms with Gasteiger partial charge in [0.25, 0.3) is 17.7 Å².